The molecule has 0 aromatic heterocycles. The Morgan fingerprint density at radius 2 is 2.12 bits per heavy atom. The van der Waals surface area contributed by atoms with Gasteiger partial charge in [-0.25, -0.2) is 0 Å². The molecule has 2 fully saturated rings. The Kier molecular flexibility index (Phi) is 4.73. The number of nitro benzene ring substituents is 1. The van der Waals surface area contributed by atoms with Gasteiger partial charge in [0.2, 0.25) is 0 Å². The third-order valence-electron chi connectivity index (χ3n) is 5.60. The predicted octanol–water partition coefficient (Wildman–Crippen LogP) is 3.22. The van der Waals surface area contributed by atoms with Crippen molar-refractivity contribution in [3.63, 3.8) is 0 Å². The van der Waals surface area contributed by atoms with Crippen molar-refractivity contribution in [1.82, 2.24) is 5.32 Å². The Balaban J connectivity index is 1.63. The largest absolute Gasteiger partial charge is 0.377 e. The molecule has 1 aromatic rings. The van der Waals surface area contributed by atoms with Crippen molar-refractivity contribution in [2.75, 3.05) is 25.5 Å². The summed E-state index contributed by atoms with van der Waals surface area (Å²) >= 11 is 0. The molecular weight excluding hydrogens is 306 g/mol. The smallest absolute Gasteiger partial charge is 0.270 e. The molecule has 2 bridgehead atoms. The molecule has 24 heavy (non-hydrogen) atoms. The minimum absolute atomic E-state index is 0.0566. The molecule has 1 aromatic carbocycles. The molecule has 2 aliphatic rings. The van der Waals surface area contributed by atoms with Crippen molar-refractivity contribution in [1.29, 1.82) is 0 Å². The number of nitro groups is 1. The van der Waals surface area contributed by atoms with Gasteiger partial charge in [0, 0.05) is 38.5 Å². The van der Waals surface area contributed by atoms with Crippen LogP contribution < -0.4 is 10.2 Å². The van der Waals surface area contributed by atoms with Gasteiger partial charge in [0.25, 0.3) is 11.6 Å². The van der Waals surface area contributed by atoms with E-state index in [0.29, 0.717) is 17.8 Å². The topological polar surface area (TPSA) is 75.5 Å². The van der Waals surface area contributed by atoms with Crippen LogP contribution in [0.1, 0.15) is 42.5 Å². The molecule has 0 heterocycles. The Bertz CT molecular complexity index is 644. The highest BCUT2D eigenvalue weighted by Gasteiger charge is 2.38. The fourth-order valence-electron chi connectivity index (χ4n) is 4.41. The summed E-state index contributed by atoms with van der Waals surface area (Å²) in [5.41, 5.74) is 0.999. The molecule has 1 N–H and O–H groups in total. The molecule has 3 unspecified atom stereocenters. The van der Waals surface area contributed by atoms with Gasteiger partial charge in [-0.05, 0) is 49.5 Å². The Morgan fingerprint density at radius 1 is 1.33 bits per heavy atom. The predicted molar refractivity (Wildman–Crippen MR) is 93.3 cm³/mol. The molecule has 6 nitrogen and oxygen atoms in total. The van der Waals surface area contributed by atoms with Gasteiger partial charge in [-0.15, -0.1) is 0 Å². The molecule has 0 spiro atoms. The summed E-state index contributed by atoms with van der Waals surface area (Å²) in [4.78, 5) is 24.8. The van der Waals surface area contributed by atoms with Gasteiger partial charge in [0.1, 0.15) is 0 Å². The summed E-state index contributed by atoms with van der Waals surface area (Å²) < 4.78 is 0. The van der Waals surface area contributed by atoms with Crippen LogP contribution >= 0.6 is 0 Å². The van der Waals surface area contributed by atoms with Crippen LogP contribution in [0.4, 0.5) is 11.4 Å². The molecule has 1 amide bonds. The van der Waals surface area contributed by atoms with Crippen molar-refractivity contribution >= 4 is 17.3 Å². The highest BCUT2D eigenvalue weighted by Crippen LogP contribution is 2.49. The summed E-state index contributed by atoms with van der Waals surface area (Å²) in [6.45, 7) is 0.641. The normalized spacial score (nSPS) is 24.8. The number of nitrogens with zero attached hydrogens (tertiary/aromatic N) is 2. The van der Waals surface area contributed by atoms with E-state index in [1.54, 1.807) is 11.0 Å². The van der Waals surface area contributed by atoms with Crippen LogP contribution in [0.25, 0.3) is 0 Å². The maximum Gasteiger partial charge on any atom is 0.270 e. The fraction of sp³-hybridized carbons (Fsp3) is 0.611. The van der Waals surface area contributed by atoms with Crippen LogP contribution in [0.5, 0.6) is 0 Å². The summed E-state index contributed by atoms with van der Waals surface area (Å²) in [5, 5.41) is 13.9. The highest BCUT2D eigenvalue weighted by molar-refractivity contribution is 6.00. The lowest BCUT2D eigenvalue weighted by Crippen LogP contribution is -2.28. The summed E-state index contributed by atoms with van der Waals surface area (Å²) in [7, 11) is 3.65. The molecule has 6 heteroatoms. The molecule has 2 aliphatic carbocycles. The number of hydrogen-bond donors (Lipinski definition) is 1. The van der Waals surface area contributed by atoms with E-state index in [4.69, 9.17) is 0 Å². The molecule has 3 atom stereocenters. The van der Waals surface area contributed by atoms with E-state index in [1.807, 2.05) is 14.1 Å². The van der Waals surface area contributed by atoms with Gasteiger partial charge < -0.3 is 10.2 Å². The first kappa shape index (κ1) is 16.7. The van der Waals surface area contributed by atoms with Gasteiger partial charge in [-0.3, -0.25) is 14.9 Å². The van der Waals surface area contributed by atoms with Crippen LogP contribution in [-0.2, 0) is 0 Å². The number of non-ortho nitro benzene ring substituents is 1. The van der Waals surface area contributed by atoms with E-state index < -0.39 is 4.92 Å². The fourth-order valence-corrected chi connectivity index (χ4v) is 4.41. The molecule has 3 rings (SSSR count). The zero-order valence-electron chi connectivity index (χ0n) is 14.3. The average Bonchev–Trinajstić information content (AvgIpc) is 3.16. The van der Waals surface area contributed by atoms with Crippen LogP contribution in [-0.4, -0.2) is 31.5 Å². The number of fused-ring (bicyclic) bond motifs is 2. The minimum atomic E-state index is -0.467. The zero-order valence-corrected chi connectivity index (χ0v) is 14.3. The molecule has 0 radical (unpaired) electrons. The van der Waals surface area contributed by atoms with Gasteiger partial charge in [0.05, 0.1) is 10.5 Å². The minimum Gasteiger partial charge on any atom is -0.377 e. The van der Waals surface area contributed by atoms with Gasteiger partial charge >= 0.3 is 0 Å². The average molecular weight is 331 g/mol. The second-order valence-electron chi connectivity index (χ2n) is 7.33. The van der Waals surface area contributed by atoms with Crippen molar-refractivity contribution in [3.8, 4) is 0 Å². The Labute approximate surface area is 142 Å². The van der Waals surface area contributed by atoms with E-state index in [-0.39, 0.29) is 11.6 Å². The van der Waals surface area contributed by atoms with Crippen molar-refractivity contribution < 1.29 is 9.72 Å². The highest BCUT2D eigenvalue weighted by atomic mass is 16.6. The van der Waals surface area contributed by atoms with E-state index in [9.17, 15) is 14.9 Å². The Hall–Kier alpha value is -2.11. The molecule has 0 aliphatic heterocycles. The number of carbonyl (C=O) groups is 1. The quantitative estimate of drug-likeness (QED) is 0.641. The first-order valence-electron chi connectivity index (χ1n) is 8.69. The number of benzene rings is 1. The first-order valence-corrected chi connectivity index (χ1v) is 8.69. The maximum absolute atomic E-state index is 12.5. The van der Waals surface area contributed by atoms with Crippen LogP contribution in [0, 0.1) is 27.9 Å². The lowest BCUT2D eigenvalue weighted by Gasteiger charge is -2.22. The number of hydrogen-bond acceptors (Lipinski definition) is 4. The molecule has 130 valence electrons. The van der Waals surface area contributed by atoms with Gasteiger partial charge in [-0.1, -0.05) is 6.42 Å². The Morgan fingerprint density at radius 3 is 2.71 bits per heavy atom. The molecular formula is C18H25N3O3. The molecule has 0 saturated heterocycles. The number of nitrogens with one attached hydrogen (secondary N) is 1. The second-order valence-corrected chi connectivity index (χ2v) is 7.33. The summed E-state index contributed by atoms with van der Waals surface area (Å²) in [6.07, 6.45) is 6.42. The maximum atomic E-state index is 12.5. The molecule has 2 saturated carbocycles. The summed E-state index contributed by atoms with van der Waals surface area (Å²) in [5.74, 6) is 2.27. The number of amides is 1. The second kappa shape index (κ2) is 6.79. The van der Waals surface area contributed by atoms with Gasteiger partial charge in [-0.2, -0.15) is 0 Å². The standard InChI is InChI=1S/C18H25N3O3/c1-20(2)17-6-5-15(21(23)24)11-16(17)18(22)19-8-7-14-10-12-3-4-13(14)9-12/h5-6,11-14H,3-4,7-10H2,1-2H3,(H,19,22). The van der Waals surface area contributed by atoms with E-state index in [2.05, 4.69) is 5.32 Å². The van der Waals surface area contributed by atoms with Crippen molar-refractivity contribution in [2.45, 2.75) is 32.1 Å². The van der Waals surface area contributed by atoms with Gasteiger partial charge in [0.15, 0.2) is 0 Å². The monoisotopic (exact) mass is 331 g/mol. The van der Waals surface area contributed by atoms with Crippen molar-refractivity contribution in [3.05, 3.63) is 33.9 Å². The summed E-state index contributed by atoms with van der Waals surface area (Å²) in [6, 6.07) is 4.42. The number of anilines is 1. The third kappa shape index (κ3) is 3.37. The number of carbonyl (C=O) groups excluding carboxylic acids is 1. The van der Waals surface area contributed by atoms with Crippen molar-refractivity contribution in [2.24, 2.45) is 17.8 Å². The third-order valence-corrected chi connectivity index (χ3v) is 5.60. The number of rotatable bonds is 6. The van der Waals surface area contributed by atoms with E-state index >= 15 is 0 Å². The van der Waals surface area contributed by atoms with Crippen LogP contribution in [0.2, 0.25) is 0 Å². The lowest BCUT2D eigenvalue weighted by atomic mass is 9.86. The lowest BCUT2D eigenvalue weighted by molar-refractivity contribution is -0.384. The first-order chi connectivity index (χ1) is 11.5. The SMILES string of the molecule is CN(C)c1ccc([N+](=O)[O-])cc1C(=O)NCCC1CC2CCC1C2. The zero-order chi connectivity index (χ0) is 17.3. The van der Waals surface area contributed by atoms with Crippen LogP contribution in [0.15, 0.2) is 18.2 Å². The van der Waals surface area contributed by atoms with E-state index in [0.717, 1.165) is 24.2 Å². The van der Waals surface area contributed by atoms with Crippen LogP contribution in [0.3, 0.4) is 0 Å². The van der Waals surface area contributed by atoms with E-state index in [1.165, 1.54) is 37.8 Å².